The Balaban J connectivity index is 1.54. The second-order valence-corrected chi connectivity index (χ2v) is 8.32. The fraction of sp³-hybridized carbons (Fsp3) is 0.400. The van der Waals surface area contributed by atoms with E-state index in [0.29, 0.717) is 30.3 Å². The van der Waals surface area contributed by atoms with Crippen LogP contribution in [0.4, 0.5) is 0 Å². The van der Waals surface area contributed by atoms with Gasteiger partial charge in [-0.15, -0.1) is 0 Å². The van der Waals surface area contributed by atoms with Crippen LogP contribution in [0.3, 0.4) is 0 Å². The molecule has 6 heteroatoms. The molecule has 5 nitrogen and oxygen atoms in total. The first-order chi connectivity index (χ1) is 12.6. The van der Waals surface area contributed by atoms with Gasteiger partial charge >= 0.3 is 0 Å². The van der Waals surface area contributed by atoms with Crippen LogP contribution >= 0.6 is 0 Å². The highest BCUT2D eigenvalue weighted by atomic mass is 32.2. The molecule has 1 saturated heterocycles. The maximum absolute atomic E-state index is 12.8. The molecule has 0 spiro atoms. The molecule has 0 amide bonds. The molecule has 0 aromatic heterocycles. The third kappa shape index (κ3) is 4.63. The van der Waals surface area contributed by atoms with Gasteiger partial charge in [-0.05, 0) is 43.2 Å². The molecule has 1 aliphatic heterocycles. The standard InChI is InChI=1S/C20H26N2O3S/c1-2-25-19-8-10-20(11-9-19)26(23,24)22-16-14-21(15-17-22)13-12-18-6-4-3-5-7-18/h3-11H,2,12-17H2,1H3. The molecule has 26 heavy (non-hydrogen) atoms. The molecule has 0 N–H and O–H groups in total. The van der Waals surface area contributed by atoms with E-state index >= 15 is 0 Å². The van der Waals surface area contributed by atoms with Crippen LogP contribution in [0.15, 0.2) is 59.5 Å². The summed E-state index contributed by atoms with van der Waals surface area (Å²) in [7, 11) is -3.43. The van der Waals surface area contributed by atoms with Crippen molar-refractivity contribution in [1.29, 1.82) is 0 Å². The molecule has 2 aromatic carbocycles. The number of piperazine rings is 1. The highest BCUT2D eigenvalue weighted by Crippen LogP contribution is 2.21. The number of benzene rings is 2. The second-order valence-electron chi connectivity index (χ2n) is 6.39. The van der Waals surface area contributed by atoms with E-state index in [1.165, 1.54) is 5.56 Å². The van der Waals surface area contributed by atoms with Crippen molar-refractivity contribution in [2.45, 2.75) is 18.2 Å². The van der Waals surface area contributed by atoms with E-state index in [-0.39, 0.29) is 0 Å². The van der Waals surface area contributed by atoms with Crippen LogP contribution in [-0.4, -0.2) is 57.0 Å². The van der Waals surface area contributed by atoms with Crippen LogP contribution < -0.4 is 4.74 Å². The summed E-state index contributed by atoms with van der Waals surface area (Å²) in [5.41, 5.74) is 1.32. The molecule has 140 valence electrons. The summed E-state index contributed by atoms with van der Waals surface area (Å²) in [5, 5.41) is 0. The normalized spacial score (nSPS) is 16.5. The van der Waals surface area contributed by atoms with E-state index in [4.69, 9.17) is 4.74 Å². The van der Waals surface area contributed by atoms with Gasteiger partial charge in [-0.3, -0.25) is 0 Å². The summed E-state index contributed by atoms with van der Waals surface area (Å²) in [4.78, 5) is 2.66. The Kier molecular flexibility index (Phi) is 6.29. The molecular formula is C20H26N2O3S. The summed E-state index contributed by atoms with van der Waals surface area (Å²) in [5.74, 6) is 0.692. The van der Waals surface area contributed by atoms with E-state index < -0.39 is 10.0 Å². The van der Waals surface area contributed by atoms with Gasteiger partial charge in [-0.1, -0.05) is 30.3 Å². The minimum absolute atomic E-state index is 0.332. The van der Waals surface area contributed by atoms with Gasteiger partial charge in [0.05, 0.1) is 11.5 Å². The van der Waals surface area contributed by atoms with E-state index in [1.807, 2.05) is 13.0 Å². The molecule has 2 aromatic rings. The van der Waals surface area contributed by atoms with Crippen molar-refractivity contribution >= 4 is 10.0 Å². The third-order valence-corrected chi connectivity index (χ3v) is 6.58. The van der Waals surface area contributed by atoms with Crippen molar-refractivity contribution in [3.8, 4) is 5.75 Å². The lowest BCUT2D eigenvalue weighted by molar-refractivity contribution is 0.190. The highest BCUT2D eigenvalue weighted by molar-refractivity contribution is 7.89. The van der Waals surface area contributed by atoms with Crippen LogP contribution in [0, 0.1) is 0 Å². The second kappa shape index (κ2) is 8.66. The molecule has 0 bridgehead atoms. The summed E-state index contributed by atoms with van der Waals surface area (Å²) < 4.78 is 32.6. The van der Waals surface area contributed by atoms with Crippen LogP contribution in [0.25, 0.3) is 0 Å². The van der Waals surface area contributed by atoms with Crippen LogP contribution in [0.5, 0.6) is 5.75 Å². The number of ether oxygens (including phenoxy) is 1. The highest BCUT2D eigenvalue weighted by Gasteiger charge is 2.28. The summed E-state index contributed by atoms with van der Waals surface area (Å²) in [6, 6.07) is 17.1. The van der Waals surface area contributed by atoms with Crippen molar-refractivity contribution in [2.24, 2.45) is 0 Å². The maximum Gasteiger partial charge on any atom is 0.243 e. The Hall–Kier alpha value is -1.89. The molecule has 1 heterocycles. The Morgan fingerprint density at radius 1 is 0.923 bits per heavy atom. The number of sulfonamides is 1. The minimum atomic E-state index is -3.43. The molecular weight excluding hydrogens is 348 g/mol. The Morgan fingerprint density at radius 2 is 1.58 bits per heavy atom. The zero-order valence-corrected chi connectivity index (χ0v) is 16.0. The predicted octanol–water partition coefficient (Wildman–Crippen LogP) is 2.63. The zero-order valence-electron chi connectivity index (χ0n) is 15.2. The molecule has 3 rings (SSSR count). The molecule has 1 aliphatic rings. The smallest absolute Gasteiger partial charge is 0.243 e. The fourth-order valence-corrected chi connectivity index (χ4v) is 4.57. The quantitative estimate of drug-likeness (QED) is 0.748. The molecule has 0 atom stereocenters. The van der Waals surface area contributed by atoms with Gasteiger partial charge in [0.25, 0.3) is 0 Å². The van der Waals surface area contributed by atoms with Crippen molar-refractivity contribution in [1.82, 2.24) is 9.21 Å². The molecule has 0 aliphatic carbocycles. The Morgan fingerprint density at radius 3 is 2.19 bits per heavy atom. The summed E-state index contributed by atoms with van der Waals surface area (Å²) in [6.45, 7) is 6.03. The number of hydrogen-bond donors (Lipinski definition) is 0. The zero-order chi connectivity index (χ0) is 18.4. The lowest BCUT2D eigenvalue weighted by Gasteiger charge is -2.34. The van der Waals surface area contributed by atoms with E-state index in [2.05, 4.69) is 29.2 Å². The topological polar surface area (TPSA) is 49.9 Å². The van der Waals surface area contributed by atoms with E-state index in [0.717, 1.165) is 26.1 Å². The van der Waals surface area contributed by atoms with E-state index in [9.17, 15) is 8.42 Å². The Labute approximate surface area is 156 Å². The first kappa shape index (κ1) is 18.9. The van der Waals surface area contributed by atoms with Gasteiger partial charge in [0.2, 0.25) is 10.0 Å². The first-order valence-electron chi connectivity index (χ1n) is 9.09. The lowest BCUT2D eigenvalue weighted by Crippen LogP contribution is -2.48. The number of nitrogens with zero attached hydrogens (tertiary/aromatic N) is 2. The maximum atomic E-state index is 12.8. The van der Waals surface area contributed by atoms with Gasteiger partial charge in [-0.25, -0.2) is 8.42 Å². The minimum Gasteiger partial charge on any atom is -0.494 e. The van der Waals surface area contributed by atoms with E-state index in [1.54, 1.807) is 28.6 Å². The summed E-state index contributed by atoms with van der Waals surface area (Å²) >= 11 is 0. The van der Waals surface area contributed by atoms with Gasteiger partial charge < -0.3 is 9.64 Å². The van der Waals surface area contributed by atoms with Crippen molar-refractivity contribution < 1.29 is 13.2 Å². The fourth-order valence-electron chi connectivity index (χ4n) is 3.15. The molecule has 0 radical (unpaired) electrons. The molecule has 1 fully saturated rings. The largest absolute Gasteiger partial charge is 0.494 e. The average molecular weight is 375 g/mol. The summed E-state index contributed by atoms with van der Waals surface area (Å²) in [6.07, 6.45) is 0.993. The number of rotatable bonds is 7. The van der Waals surface area contributed by atoms with Gasteiger partial charge in [-0.2, -0.15) is 4.31 Å². The van der Waals surface area contributed by atoms with Crippen molar-refractivity contribution in [2.75, 3.05) is 39.3 Å². The Bertz CT molecular complexity index is 784. The van der Waals surface area contributed by atoms with Crippen LogP contribution in [-0.2, 0) is 16.4 Å². The van der Waals surface area contributed by atoms with Crippen molar-refractivity contribution in [3.63, 3.8) is 0 Å². The van der Waals surface area contributed by atoms with Crippen LogP contribution in [0.1, 0.15) is 12.5 Å². The van der Waals surface area contributed by atoms with Gasteiger partial charge in [0.15, 0.2) is 0 Å². The third-order valence-electron chi connectivity index (χ3n) is 4.66. The average Bonchev–Trinajstić information content (AvgIpc) is 2.68. The predicted molar refractivity (Wildman–Crippen MR) is 103 cm³/mol. The lowest BCUT2D eigenvalue weighted by atomic mass is 10.1. The molecule has 0 unspecified atom stereocenters. The molecule has 0 saturated carbocycles. The van der Waals surface area contributed by atoms with Crippen LogP contribution in [0.2, 0.25) is 0 Å². The van der Waals surface area contributed by atoms with Gasteiger partial charge in [0, 0.05) is 32.7 Å². The first-order valence-corrected chi connectivity index (χ1v) is 10.5. The SMILES string of the molecule is CCOc1ccc(S(=O)(=O)N2CCN(CCc3ccccc3)CC2)cc1. The van der Waals surface area contributed by atoms with Gasteiger partial charge in [0.1, 0.15) is 5.75 Å². The van der Waals surface area contributed by atoms with Crippen molar-refractivity contribution in [3.05, 3.63) is 60.2 Å². The number of hydrogen-bond acceptors (Lipinski definition) is 4. The monoisotopic (exact) mass is 374 g/mol.